The average molecular weight is 565 g/mol. The summed E-state index contributed by atoms with van der Waals surface area (Å²) >= 11 is 4.49. The van der Waals surface area contributed by atoms with Gasteiger partial charge in [-0.3, -0.25) is 4.79 Å². The molecule has 2 rings (SSSR count). The molecule has 0 saturated heterocycles. The molecule has 0 saturated carbocycles. The Bertz CT molecular complexity index is 798. The Labute approximate surface area is 175 Å². The van der Waals surface area contributed by atoms with E-state index in [4.69, 9.17) is 10.1 Å². The summed E-state index contributed by atoms with van der Waals surface area (Å²) in [5, 5.41) is 8.79. The zero-order valence-corrected chi connectivity index (χ0v) is 18.4. The van der Waals surface area contributed by atoms with Crippen LogP contribution in [-0.4, -0.2) is 33.7 Å². The lowest BCUT2D eigenvalue weighted by atomic mass is 10.2. The first-order valence-electron chi connectivity index (χ1n) is 7.86. The predicted octanol–water partition coefficient (Wildman–Crippen LogP) is 4.68. The van der Waals surface area contributed by atoms with Crippen molar-refractivity contribution in [2.24, 2.45) is 7.05 Å². The number of imidazole rings is 1. The first-order chi connectivity index (χ1) is 11.8. The molecule has 0 aliphatic rings. The predicted molar refractivity (Wildman–Crippen MR) is 120 cm³/mol. The van der Waals surface area contributed by atoms with E-state index in [2.05, 4.69) is 81.4 Å². The van der Waals surface area contributed by atoms with Gasteiger partial charge in [0.05, 0.1) is 11.0 Å². The molecule has 0 fully saturated rings. The molecule has 134 valence electrons. The molecular weight excluding hydrogens is 544 g/mol. The molecule has 25 heavy (non-hydrogen) atoms. The summed E-state index contributed by atoms with van der Waals surface area (Å²) in [7, 11) is 1.97. The molecule has 0 atom stereocenters. The Balaban J connectivity index is 2.29. The van der Waals surface area contributed by atoms with E-state index in [1.165, 1.54) is 0 Å². The van der Waals surface area contributed by atoms with Gasteiger partial charge in [-0.15, -0.1) is 0 Å². The summed E-state index contributed by atoms with van der Waals surface area (Å²) in [4.78, 5) is 17.6. The van der Waals surface area contributed by atoms with Crippen molar-refractivity contribution in [2.75, 3.05) is 18.0 Å². The van der Waals surface area contributed by atoms with Crippen molar-refractivity contribution in [3.05, 3.63) is 44.3 Å². The van der Waals surface area contributed by atoms with Crippen LogP contribution < -0.4 is 4.90 Å². The maximum Gasteiger partial charge on any atom is 0.303 e. The van der Waals surface area contributed by atoms with Crippen molar-refractivity contribution >= 4 is 67.9 Å². The number of carboxylic acid groups (broad SMARTS) is 1. The third kappa shape index (κ3) is 5.70. The van der Waals surface area contributed by atoms with Crippen molar-refractivity contribution < 1.29 is 9.90 Å². The number of carboxylic acids is 1. The first kappa shape index (κ1) is 20.2. The maximum atomic E-state index is 10.7. The lowest BCUT2D eigenvalue weighted by Crippen LogP contribution is -2.25. The fourth-order valence-electron chi connectivity index (χ4n) is 2.71. The monoisotopic (exact) mass is 565 g/mol. The van der Waals surface area contributed by atoms with E-state index in [-0.39, 0.29) is 6.42 Å². The second-order valence-electron chi connectivity index (χ2n) is 5.90. The Morgan fingerprint density at radius 3 is 2.48 bits per heavy atom. The maximum absolute atomic E-state index is 10.7. The van der Waals surface area contributed by atoms with Crippen LogP contribution >= 0.6 is 45.2 Å². The van der Waals surface area contributed by atoms with E-state index in [0.717, 1.165) is 42.8 Å². The number of aryl methyl sites for hydroxylation is 2. The van der Waals surface area contributed by atoms with Crippen LogP contribution in [0.4, 0.5) is 5.69 Å². The molecule has 2 aromatic rings. The van der Waals surface area contributed by atoms with Crippen LogP contribution in [0.15, 0.2) is 38.5 Å². The lowest BCUT2D eigenvalue weighted by Gasteiger charge is -2.24. The third-order valence-electron chi connectivity index (χ3n) is 3.84. The van der Waals surface area contributed by atoms with Crippen LogP contribution in [0, 0.1) is 0 Å². The van der Waals surface area contributed by atoms with E-state index in [1.54, 1.807) is 0 Å². The highest BCUT2D eigenvalue weighted by atomic mass is 127. The van der Waals surface area contributed by atoms with Crippen molar-refractivity contribution in [1.29, 1.82) is 0 Å². The molecule has 7 heteroatoms. The number of anilines is 1. The molecular formula is C18H21I2N3O2. The molecule has 0 aliphatic carbocycles. The third-order valence-corrected chi connectivity index (χ3v) is 4.52. The summed E-state index contributed by atoms with van der Waals surface area (Å²) in [6.45, 7) is 9.52. The zero-order chi connectivity index (χ0) is 18.6. The molecule has 0 bridgehead atoms. The van der Waals surface area contributed by atoms with E-state index >= 15 is 0 Å². The van der Waals surface area contributed by atoms with Crippen molar-refractivity contribution in [3.8, 4) is 0 Å². The summed E-state index contributed by atoms with van der Waals surface area (Å²) < 4.78 is 4.16. The topological polar surface area (TPSA) is 58.4 Å². The largest absolute Gasteiger partial charge is 0.481 e. The quantitative estimate of drug-likeness (QED) is 0.449. The number of benzene rings is 1. The van der Waals surface area contributed by atoms with E-state index in [0.29, 0.717) is 12.8 Å². The number of aliphatic carboxylic acids is 1. The number of halogens is 2. The summed E-state index contributed by atoms with van der Waals surface area (Å²) in [5.74, 6) is 0.145. The van der Waals surface area contributed by atoms with Gasteiger partial charge in [0, 0.05) is 45.8 Å². The summed E-state index contributed by atoms with van der Waals surface area (Å²) in [5.41, 5.74) is 3.06. The molecule has 0 spiro atoms. The van der Waals surface area contributed by atoms with Crippen LogP contribution in [0.3, 0.4) is 0 Å². The summed E-state index contributed by atoms with van der Waals surface area (Å²) in [6.07, 6.45) is 1.41. The van der Waals surface area contributed by atoms with Crippen LogP contribution in [0.5, 0.6) is 0 Å². The molecule has 0 amide bonds. The second kappa shape index (κ2) is 9.02. The number of hydrogen-bond donors (Lipinski definition) is 1. The van der Waals surface area contributed by atoms with Gasteiger partial charge >= 0.3 is 5.97 Å². The van der Waals surface area contributed by atoms with Gasteiger partial charge in [-0.25, -0.2) is 4.98 Å². The highest BCUT2D eigenvalue weighted by Gasteiger charge is 2.13. The smallest absolute Gasteiger partial charge is 0.303 e. The molecule has 0 radical (unpaired) electrons. The van der Waals surface area contributed by atoms with Crippen molar-refractivity contribution in [1.82, 2.24) is 9.55 Å². The number of rotatable bonds is 9. The van der Waals surface area contributed by atoms with Crippen LogP contribution in [0.25, 0.3) is 11.0 Å². The number of hydrogen-bond acceptors (Lipinski definition) is 3. The van der Waals surface area contributed by atoms with Gasteiger partial charge in [0.15, 0.2) is 0 Å². The molecule has 0 unspecified atom stereocenters. The lowest BCUT2D eigenvalue weighted by molar-refractivity contribution is -0.137. The summed E-state index contributed by atoms with van der Waals surface area (Å²) in [6, 6.07) is 6.23. The minimum Gasteiger partial charge on any atom is -0.481 e. The van der Waals surface area contributed by atoms with E-state index in [9.17, 15) is 4.79 Å². The zero-order valence-electron chi connectivity index (χ0n) is 14.1. The fraction of sp³-hybridized carbons (Fsp3) is 0.333. The highest BCUT2D eigenvalue weighted by Crippen LogP contribution is 2.25. The van der Waals surface area contributed by atoms with Gasteiger partial charge in [0.2, 0.25) is 0 Å². The van der Waals surface area contributed by atoms with Gasteiger partial charge in [-0.2, -0.15) is 0 Å². The van der Waals surface area contributed by atoms with Gasteiger partial charge in [-0.05, 0) is 69.8 Å². The molecule has 5 nitrogen and oxygen atoms in total. The van der Waals surface area contributed by atoms with Crippen LogP contribution in [0.2, 0.25) is 0 Å². The van der Waals surface area contributed by atoms with Gasteiger partial charge < -0.3 is 14.6 Å². The van der Waals surface area contributed by atoms with Crippen LogP contribution in [0.1, 0.15) is 18.7 Å². The van der Waals surface area contributed by atoms with Gasteiger partial charge in [0.25, 0.3) is 0 Å². The normalized spacial score (nSPS) is 10.8. The molecule has 1 N–H and O–H groups in total. The number of nitrogens with zero attached hydrogens (tertiary/aromatic N) is 3. The standard InChI is InChI=1S/C18H21I2N3O2/c1-12(19)10-23(11-13(2)20)14-7-8-16-15(9-14)21-17(22(16)3)5-4-6-18(24)25/h7-9H,1-2,4-6,10-11H2,3H3,(H,24,25). The van der Waals surface area contributed by atoms with Crippen LogP contribution in [-0.2, 0) is 18.3 Å². The fourth-order valence-corrected chi connectivity index (χ4v) is 3.53. The Hall–Kier alpha value is -1.10. The van der Waals surface area contributed by atoms with Gasteiger partial charge in [-0.1, -0.05) is 13.2 Å². The van der Waals surface area contributed by atoms with Gasteiger partial charge in [0.1, 0.15) is 5.82 Å². The number of fused-ring (bicyclic) bond motifs is 1. The minimum atomic E-state index is -0.769. The van der Waals surface area contributed by atoms with E-state index in [1.807, 2.05) is 11.6 Å². The Kier molecular flexibility index (Phi) is 7.29. The molecule has 0 aliphatic heterocycles. The first-order valence-corrected chi connectivity index (χ1v) is 10.0. The SMILES string of the molecule is C=C(I)CN(CC(=C)I)c1ccc2c(c1)nc(CCCC(=O)O)n2C. The number of aromatic nitrogens is 2. The highest BCUT2D eigenvalue weighted by molar-refractivity contribution is 14.1. The van der Waals surface area contributed by atoms with E-state index < -0.39 is 5.97 Å². The molecule has 1 aromatic carbocycles. The minimum absolute atomic E-state index is 0.164. The second-order valence-corrected chi connectivity index (χ2v) is 8.95. The molecule has 1 aromatic heterocycles. The Morgan fingerprint density at radius 2 is 1.92 bits per heavy atom. The van der Waals surface area contributed by atoms with Crippen molar-refractivity contribution in [2.45, 2.75) is 19.3 Å². The molecule has 1 heterocycles. The number of carbonyl (C=O) groups is 1. The average Bonchev–Trinajstić information content (AvgIpc) is 2.81. The van der Waals surface area contributed by atoms with Crippen molar-refractivity contribution in [3.63, 3.8) is 0 Å². The Morgan fingerprint density at radius 1 is 1.28 bits per heavy atom.